The predicted molar refractivity (Wildman–Crippen MR) is 102 cm³/mol. The maximum absolute atomic E-state index is 12.2. The third-order valence-electron chi connectivity index (χ3n) is 4.12. The predicted octanol–water partition coefficient (Wildman–Crippen LogP) is 2.65. The van der Waals surface area contributed by atoms with Crippen molar-refractivity contribution in [2.24, 2.45) is 4.40 Å². The van der Waals surface area contributed by atoms with E-state index in [1.165, 1.54) is 11.6 Å². The lowest BCUT2D eigenvalue weighted by Gasteiger charge is -2.17. The average molecular weight is 371 g/mol. The Hall–Kier alpha value is -2.67. The van der Waals surface area contributed by atoms with Gasteiger partial charge < -0.3 is 10.6 Å². The molecule has 7 heteroatoms. The smallest absolute Gasteiger partial charge is 0.286 e. The number of amides is 1. The fraction of sp³-hybridized carbons (Fsp3) is 0.263. The summed E-state index contributed by atoms with van der Waals surface area (Å²) in [5.74, 6) is 0.162. The van der Waals surface area contributed by atoms with Crippen LogP contribution in [-0.4, -0.2) is 26.7 Å². The first-order chi connectivity index (χ1) is 12.4. The number of para-hydroxylation sites is 1. The molecule has 1 aliphatic rings. The minimum absolute atomic E-state index is 0.127. The molecule has 2 N–H and O–H groups in total. The van der Waals surface area contributed by atoms with Crippen molar-refractivity contribution >= 4 is 27.5 Å². The molecule has 0 fully saturated rings. The van der Waals surface area contributed by atoms with E-state index in [0.29, 0.717) is 12.2 Å². The van der Waals surface area contributed by atoms with Crippen molar-refractivity contribution in [2.45, 2.75) is 31.1 Å². The van der Waals surface area contributed by atoms with Gasteiger partial charge in [-0.3, -0.25) is 4.79 Å². The number of amidine groups is 1. The van der Waals surface area contributed by atoms with E-state index < -0.39 is 10.0 Å². The Bertz CT molecular complexity index is 935. The second-order valence-corrected chi connectivity index (χ2v) is 7.79. The molecule has 0 aliphatic carbocycles. The molecule has 2 aromatic carbocycles. The van der Waals surface area contributed by atoms with Gasteiger partial charge in [-0.15, -0.1) is 4.40 Å². The van der Waals surface area contributed by atoms with Crippen molar-refractivity contribution in [2.75, 3.05) is 11.9 Å². The molecule has 0 atom stereocenters. The Kier molecular flexibility index (Phi) is 5.37. The van der Waals surface area contributed by atoms with Gasteiger partial charge in [-0.05, 0) is 31.0 Å². The van der Waals surface area contributed by atoms with Gasteiger partial charge in [-0.1, -0.05) is 42.0 Å². The van der Waals surface area contributed by atoms with Gasteiger partial charge in [-0.2, -0.15) is 8.42 Å². The summed E-state index contributed by atoms with van der Waals surface area (Å²) < 4.78 is 28.1. The van der Waals surface area contributed by atoms with Gasteiger partial charge >= 0.3 is 0 Å². The molecular formula is C19H21N3O3S. The van der Waals surface area contributed by atoms with Crippen LogP contribution in [0.15, 0.2) is 57.8 Å². The summed E-state index contributed by atoms with van der Waals surface area (Å²) in [6, 6.07) is 14.8. The molecule has 0 saturated heterocycles. The summed E-state index contributed by atoms with van der Waals surface area (Å²) in [6.07, 6.45) is 1.17. The minimum Gasteiger partial charge on any atom is -0.356 e. The van der Waals surface area contributed by atoms with Crippen LogP contribution in [0.5, 0.6) is 0 Å². The molecular weight excluding hydrogens is 350 g/mol. The van der Waals surface area contributed by atoms with Crippen LogP contribution < -0.4 is 10.6 Å². The maximum atomic E-state index is 12.2. The summed E-state index contributed by atoms with van der Waals surface area (Å²) in [6.45, 7) is 2.58. The van der Waals surface area contributed by atoms with Gasteiger partial charge in [0.25, 0.3) is 10.0 Å². The Labute approximate surface area is 153 Å². The third-order valence-corrected chi connectivity index (χ3v) is 5.49. The van der Waals surface area contributed by atoms with Gasteiger partial charge in [0, 0.05) is 19.4 Å². The number of carbonyl (C=O) groups is 1. The maximum Gasteiger partial charge on any atom is 0.286 e. The fourth-order valence-electron chi connectivity index (χ4n) is 2.70. The summed E-state index contributed by atoms with van der Waals surface area (Å²) in [5.41, 5.74) is 2.87. The number of nitrogens with one attached hydrogen (secondary N) is 2. The van der Waals surface area contributed by atoms with E-state index in [1.54, 1.807) is 18.2 Å². The number of carbonyl (C=O) groups excluding carboxylic acids is 1. The lowest BCUT2D eigenvalue weighted by molar-refractivity contribution is -0.120. The SMILES string of the molecule is Cc1ccc(CCNC(=O)CCC2=NS(=O)(=O)c3ccccc3N2)cc1. The van der Waals surface area contributed by atoms with Crippen LogP contribution in [0.2, 0.25) is 0 Å². The number of hydrogen-bond acceptors (Lipinski definition) is 4. The molecule has 6 nitrogen and oxygen atoms in total. The van der Waals surface area contributed by atoms with E-state index >= 15 is 0 Å². The molecule has 136 valence electrons. The van der Waals surface area contributed by atoms with E-state index in [2.05, 4.69) is 15.0 Å². The Morgan fingerprint density at radius 3 is 2.58 bits per heavy atom. The van der Waals surface area contributed by atoms with E-state index in [1.807, 2.05) is 31.2 Å². The summed E-state index contributed by atoms with van der Waals surface area (Å²) >= 11 is 0. The normalized spacial score (nSPS) is 14.7. The zero-order valence-corrected chi connectivity index (χ0v) is 15.3. The van der Waals surface area contributed by atoms with E-state index in [4.69, 9.17) is 0 Å². The molecule has 0 saturated carbocycles. The number of benzene rings is 2. The van der Waals surface area contributed by atoms with Crippen molar-refractivity contribution in [3.05, 3.63) is 59.7 Å². The molecule has 3 rings (SSSR count). The highest BCUT2D eigenvalue weighted by atomic mass is 32.2. The lowest BCUT2D eigenvalue weighted by atomic mass is 10.1. The molecule has 26 heavy (non-hydrogen) atoms. The van der Waals surface area contributed by atoms with E-state index in [-0.39, 0.29) is 29.5 Å². The third kappa shape index (κ3) is 4.49. The molecule has 1 amide bonds. The summed E-state index contributed by atoms with van der Waals surface area (Å²) in [7, 11) is -3.70. The van der Waals surface area contributed by atoms with E-state index in [0.717, 1.165) is 12.0 Å². The van der Waals surface area contributed by atoms with Crippen LogP contribution in [-0.2, 0) is 21.2 Å². The number of fused-ring (bicyclic) bond motifs is 1. The number of nitrogens with zero attached hydrogens (tertiary/aromatic N) is 1. The van der Waals surface area contributed by atoms with Crippen molar-refractivity contribution in [1.82, 2.24) is 5.32 Å². The zero-order valence-electron chi connectivity index (χ0n) is 14.5. The Balaban J connectivity index is 1.49. The minimum atomic E-state index is -3.70. The first-order valence-electron chi connectivity index (χ1n) is 8.46. The average Bonchev–Trinajstić information content (AvgIpc) is 2.61. The quantitative estimate of drug-likeness (QED) is 0.817. The van der Waals surface area contributed by atoms with E-state index in [9.17, 15) is 13.2 Å². The standard InChI is InChI=1S/C19H21N3O3S/c1-14-6-8-15(9-7-14)12-13-20-19(23)11-10-18-21-16-4-2-3-5-17(16)26(24,25)22-18/h2-9H,10-13H2,1H3,(H,20,23)(H,21,22). The number of anilines is 1. The van der Waals surface area contributed by atoms with Gasteiger partial charge in [0.2, 0.25) is 5.91 Å². The van der Waals surface area contributed by atoms with Crippen molar-refractivity contribution in [3.63, 3.8) is 0 Å². The molecule has 0 radical (unpaired) electrons. The van der Waals surface area contributed by atoms with Crippen LogP contribution in [0.3, 0.4) is 0 Å². The molecule has 0 bridgehead atoms. The molecule has 1 heterocycles. The largest absolute Gasteiger partial charge is 0.356 e. The zero-order chi connectivity index (χ0) is 18.6. The van der Waals surface area contributed by atoms with Gasteiger partial charge in [0.05, 0.1) is 5.69 Å². The highest BCUT2D eigenvalue weighted by Crippen LogP contribution is 2.27. The monoisotopic (exact) mass is 371 g/mol. The lowest BCUT2D eigenvalue weighted by Crippen LogP contribution is -2.28. The Morgan fingerprint density at radius 1 is 1.08 bits per heavy atom. The summed E-state index contributed by atoms with van der Waals surface area (Å²) in [4.78, 5) is 12.2. The van der Waals surface area contributed by atoms with Crippen LogP contribution in [0.1, 0.15) is 24.0 Å². The number of hydrogen-bond donors (Lipinski definition) is 2. The van der Waals surface area contributed by atoms with Gasteiger partial charge in [0.15, 0.2) is 0 Å². The number of aryl methyl sites for hydroxylation is 1. The molecule has 0 unspecified atom stereocenters. The van der Waals surface area contributed by atoms with Crippen LogP contribution in [0.25, 0.3) is 0 Å². The first kappa shape index (κ1) is 18.1. The number of rotatable bonds is 6. The van der Waals surface area contributed by atoms with Crippen LogP contribution in [0, 0.1) is 6.92 Å². The highest BCUT2D eigenvalue weighted by Gasteiger charge is 2.24. The Morgan fingerprint density at radius 2 is 1.81 bits per heavy atom. The fourth-order valence-corrected chi connectivity index (χ4v) is 3.87. The van der Waals surface area contributed by atoms with Crippen LogP contribution >= 0.6 is 0 Å². The molecule has 1 aliphatic heterocycles. The van der Waals surface area contributed by atoms with Crippen molar-refractivity contribution in [1.29, 1.82) is 0 Å². The molecule has 0 spiro atoms. The van der Waals surface area contributed by atoms with Gasteiger partial charge in [-0.25, -0.2) is 0 Å². The van der Waals surface area contributed by atoms with Crippen molar-refractivity contribution in [3.8, 4) is 0 Å². The highest BCUT2D eigenvalue weighted by molar-refractivity contribution is 7.90. The first-order valence-corrected chi connectivity index (χ1v) is 9.90. The summed E-state index contributed by atoms with van der Waals surface area (Å²) in [5, 5.41) is 5.84. The second-order valence-electron chi connectivity index (χ2n) is 6.22. The molecule has 2 aromatic rings. The topological polar surface area (TPSA) is 87.6 Å². The van der Waals surface area contributed by atoms with Gasteiger partial charge in [0.1, 0.15) is 10.7 Å². The van der Waals surface area contributed by atoms with Crippen LogP contribution in [0.4, 0.5) is 5.69 Å². The van der Waals surface area contributed by atoms with Crippen molar-refractivity contribution < 1.29 is 13.2 Å². The molecule has 0 aromatic heterocycles. The second kappa shape index (κ2) is 7.70. The number of sulfonamides is 1.